The van der Waals surface area contributed by atoms with E-state index in [1.165, 1.54) is 7.11 Å². The SMILES string of the molecule is COC(=O)CC(C)NC(=O)CCNC(=O)c1ccc(Br)cc1. The Kier molecular flexibility index (Phi) is 7.59. The Balaban J connectivity index is 2.28. The largest absolute Gasteiger partial charge is 0.469 e. The molecule has 0 spiro atoms. The summed E-state index contributed by atoms with van der Waals surface area (Å²) in [5.74, 6) is -0.841. The lowest BCUT2D eigenvalue weighted by Gasteiger charge is -2.12. The number of carbonyl (C=O) groups excluding carboxylic acids is 3. The highest BCUT2D eigenvalue weighted by Gasteiger charge is 2.12. The molecular weight excluding hydrogens is 352 g/mol. The maximum absolute atomic E-state index is 11.8. The maximum atomic E-state index is 11.8. The summed E-state index contributed by atoms with van der Waals surface area (Å²) in [6, 6.07) is 6.63. The van der Waals surface area contributed by atoms with Crippen LogP contribution in [-0.2, 0) is 14.3 Å². The zero-order valence-corrected chi connectivity index (χ0v) is 14.1. The molecule has 0 heterocycles. The van der Waals surface area contributed by atoms with Crippen LogP contribution < -0.4 is 10.6 Å². The predicted octanol–water partition coefficient (Wildman–Crippen LogP) is 1.64. The van der Waals surface area contributed by atoms with Crippen molar-refractivity contribution in [2.75, 3.05) is 13.7 Å². The van der Waals surface area contributed by atoms with Crippen molar-refractivity contribution in [3.63, 3.8) is 0 Å². The highest BCUT2D eigenvalue weighted by molar-refractivity contribution is 9.10. The van der Waals surface area contributed by atoms with Crippen molar-refractivity contribution < 1.29 is 19.1 Å². The first kappa shape index (κ1) is 18.2. The van der Waals surface area contributed by atoms with Crippen molar-refractivity contribution in [3.05, 3.63) is 34.3 Å². The van der Waals surface area contributed by atoms with E-state index < -0.39 is 0 Å². The van der Waals surface area contributed by atoms with Crippen molar-refractivity contribution >= 4 is 33.7 Å². The minimum absolute atomic E-state index is 0.119. The molecule has 1 aromatic rings. The number of benzene rings is 1. The van der Waals surface area contributed by atoms with Gasteiger partial charge in [0.15, 0.2) is 0 Å². The molecule has 0 bridgehead atoms. The first-order valence-corrected chi connectivity index (χ1v) is 7.61. The van der Waals surface area contributed by atoms with Gasteiger partial charge in [-0.15, -0.1) is 0 Å². The van der Waals surface area contributed by atoms with Crippen LogP contribution >= 0.6 is 15.9 Å². The van der Waals surface area contributed by atoms with Crippen LogP contribution in [0.15, 0.2) is 28.7 Å². The zero-order chi connectivity index (χ0) is 16.5. The number of ether oxygens (including phenoxy) is 1. The average Bonchev–Trinajstić information content (AvgIpc) is 2.47. The van der Waals surface area contributed by atoms with E-state index in [1.54, 1.807) is 31.2 Å². The molecule has 22 heavy (non-hydrogen) atoms. The molecule has 0 radical (unpaired) electrons. The lowest BCUT2D eigenvalue weighted by atomic mass is 10.2. The molecule has 2 N–H and O–H groups in total. The van der Waals surface area contributed by atoms with Crippen LogP contribution in [0.4, 0.5) is 0 Å². The number of halogens is 1. The molecule has 7 heteroatoms. The van der Waals surface area contributed by atoms with E-state index in [-0.39, 0.29) is 43.2 Å². The second kappa shape index (κ2) is 9.19. The van der Waals surface area contributed by atoms with E-state index >= 15 is 0 Å². The number of nitrogens with one attached hydrogen (secondary N) is 2. The molecule has 0 aliphatic heterocycles. The van der Waals surface area contributed by atoms with Gasteiger partial charge in [-0.3, -0.25) is 14.4 Å². The van der Waals surface area contributed by atoms with Crippen LogP contribution in [0.2, 0.25) is 0 Å². The lowest BCUT2D eigenvalue weighted by Crippen LogP contribution is -2.36. The number of rotatable bonds is 7. The summed E-state index contributed by atoms with van der Waals surface area (Å²) < 4.78 is 5.41. The highest BCUT2D eigenvalue weighted by atomic mass is 79.9. The molecular formula is C15H19BrN2O4. The van der Waals surface area contributed by atoms with Gasteiger partial charge in [-0.05, 0) is 31.2 Å². The van der Waals surface area contributed by atoms with Crippen molar-refractivity contribution in [1.82, 2.24) is 10.6 Å². The molecule has 1 rings (SSSR count). The predicted molar refractivity (Wildman–Crippen MR) is 85.3 cm³/mol. The summed E-state index contributed by atoms with van der Waals surface area (Å²) in [7, 11) is 1.30. The van der Waals surface area contributed by atoms with Gasteiger partial charge in [0, 0.05) is 29.0 Å². The number of hydrogen-bond acceptors (Lipinski definition) is 4. The first-order valence-electron chi connectivity index (χ1n) is 6.82. The van der Waals surface area contributed by atoms with Crippen LogP contribution in [-0.4, -0.2) is 37.5 Å². The Morgan fingerprint density at radius 1 is 1.23 bits per heavy atom. The van der Waals surface area contributed by atoms with E-state index in [0.717, 1.165) is 4.47 Å². The molecule has 0 fully saturated rings. The maximum Gasteiger partial charge on any atom is 0.307 e. The van der Waals surface area contributed by atoms with Gasteiger partial charge in [-0.25, -0.2) is 0 Å². The van der Waals surface area contributed by atoms with Gasteiger partial charge in [0.25, 0.3) is 5.91 Å². The second-order valence-corrected chi connectivity index (χ2v) is 5.68. The Morgan fingerprint density at radius 3 is 2.45 bits per heavy atom. The van der Waals surface area contributed by atoms with Crippen LogP contribution in [0.25, 0.3) is 0 Å². The molecule has 1 atom stereocenters. The smallest absolute Gasteiger partial charge is 0.307 e. The fraction of sp³-hybridized carbons (Fsp3) is 0.400. The lowest BCUT2D eigenvalue weighted by molar-refractivity contribution is -0.141. The zero-order valence-electron chi connectivity index (χ0n) is 12.5. The summed E-state index contributed by atoms with van der Waals surface area (Å²) in [5.41, 5.74) is 0.530. The third kappa shape index (κ3) is 6.71. The van der Waals surface area contributed by atoms with E-state index in [2.05, 4.69) is 31.3 Å². The number of esters is 1. The van der Waals surface area contributed by atoms with Gasteiger partial charge in [0.05, 0.1) is 13.5 Å². The van der Waals surface area contributed by atoms with E-state index in [4.69, 9.17) is 0 Å². The molecule has 2 amide bonds. The van der Waals surface area contributed by atoms with E-state index in [1.807, 2.05) is 0 Å². The van der Waals surface area contributed by atoms with E-state index in [9.17, 15) is 14.4 Å². The fourth-order valence-corrected chi connectivity index (χ4v) is 1.99. The molecule has 1 unspecified atom stereocenters. The number of methoxy groups -OCH3 is 1. The summed E-state index contributed by atoms with van der Waals surface area (Å²) in [6.07, 6.45) is 0.265. The Bertz CT molecular complexity index is 531. The topological polar surface area (TPSA) is 84.5 Å². The summed E-state index contributed by atoms with van der Waals surface area (Å²) in [5, 5.41) is 5.34. The van der Waals surface area contributed by atoms with Crippen LogP contribution in [0.1, 0.15) is 30.1 Å². The quantitative estimate of drug-likeness (QED) is 0.714. The van der Waals surface area contributed by atoms with Crippen LogP contribution in [0.3, 0.4) is 0 Å². The molecule has 0 aliphatic carbocycles. The van der Waals surface area contributed by atoms with Gasteiger partial charge in [-0.1, -0.05) is 15.9 Å². The molecule has 120 valence electrons. The summed E-state index contributed by atoms with van der Waals surface area (Å²) >= 11 is 3.29. The minimum atomic E-state index is -0.378. The molecule has 0 saturated carbocycles. The van der Waals surface area contributed by atoms with E-state index in [0.29, 0.717) is 5.56 Å². The van der Waals surface area contributed by atoms with Crippen molar-refractivity contribution in [3.8, 4) is 0 Å². The van der Waals surface area contributed by atoms with Gasteiger partial charge in [-0.2, -0.15) is 0 Å². The van der Waals surface area contributed by atoms with Gasteiger partial charge < -0.3 is 15.4 Å². The van der Waals surface area contributed by atoms with Gasteiger partial charge >= 0.3 is 5.97 Å². The average molecular weight is 371 g/mol. The molecule has 0 saturated heterocycles. The van der Waals surface area contributed by atoms with Crippen molar-refractivity contribution in [2.24, 2.45) is 0 Å². The number of hydrogen-bond donors (Lipinski definition) is 2. The standard InChI is InChI=1S/C15H19BrN2O4/c1-10(9-14(20)22-2)18-13(19)7-8-17-15(21)11-3-5-12(16)6-4-11/h3-6,10H,7-9H2,1-2H3,(H,17,21)(H,18,19). The van der Waals surface area contributed by atoms with Gasteiger partial charge in [0.2, 0.25) is 5.91 Å². The Hall–Kier alpha value is -1.89. The van der Waals surface area contributed by atoms with Crippen molar-refractivity contribution in [1.29, 1.82) is 0 Å². The number of carbonyl (C=O) groups is 3. The normalized spacial score (nSPS) is 11.4. The summed E-state index contributed by atoms with van der Waals surface area (Å²) in [4.78, 5) is 34.5. The van der Waals surface area contributed by atoms with Gasteiger partial charge in [0.1, 0.15) is 0 Å². The minimum Gasteiger partial charge on any atom is -0.469 e. The molecule has 1 aromatic carbocycles. The second-order valence-electron chi connectivity index (χ2n) is 4.76. The Morgan fingerprint density at radius 2 is 1.86 bits per heavy atom. The highest BCUT2D eigenvalue weighted by Crippen LogP contribution is 2.10. The fourth-order valence-electron chi connectivity index (χ4n) is 1.72. The van der Waals surface area contributed by atoms with Crippen LogP contribution in [0, 0.1) is 0 Å². The molecule has 0 aromatic heterocycles. The molecule has 0 aliphatic rings. The Labute approximate surface area is 137 Å². The van der Waals surface area contributed by atoms with Crippen molar-refractivity contribution in [2.45, 2.75) is 25.8 Å². The van der Waals surface area contributed by atoms with Crippen LogP contribution in [0.5, 0.6) is 0 Å². The monoisotopic (exact) mass is 370 g/mol. The third-order valence-electron chi connectivity index (χ3n) is 2.85. The number of amides is 2. The third-order valence-corrected chi connectivity index (χ3v) is 3.38. The summed E-state index contributed by atoms with van der Waals surface area (Å²) in [6.45, 7) is 1.95. The molecule has 6 nitrogen and oxygen atoms in total. The first-order chi connectivity index (χ1) is 10.4.